The molecule has 4 N–H and O–H groups in total. The maximum Gasteiger partial charge on any atom is 0.251 e. The van der Waals surface area contributed by atoms with Crippen molar-refractivity contribution in [3.63, 3.8) is 0 Å². The predicted octanol–water partition coefficient (Wildman–Crippen LogP) is 3.92. The molecule has 0 aliphatic heterocycles. The second kappa shape index (κ2) is 12.2. The maximum absolute atomic E-state index is 13.4. The Balaban J connectivity index is 1.40. The third-order valence-corrected chi connectivity index (χ3v) is 7.09. The second-order valence-electron chi connectivity index (χ2n) is 10.2. The highest BCUT2D eigenvalue weighted by Gasteiger charge is 2.34. The zero-order chi connectivity index (χ0) is 26.4. The average molecular weight is 501 g/mol. The largest absolute Gasteiger partial charge is 0.391 e. The van der Waals surface area contributed by atoms with Gasteiger partial charge in [-0.25, -0.2) is 0 Å². The third-order valence-electron chi connectivity index (χ3n) is 7.09. The zero-order valence-corrected chi connectivity index (χ0v) is 21.4. The molecular formula is C31H36N2O4. The summed E-state index contributed by atoms with van der Waals surface area (Å²) in [6.45, 7) is 4.23. The van der Waals surface area contributed by atoms with Crippen LogP contribution in [0, 0.1) is 5.92 Å². The smallest absolute Gasteiger partial charge is 0.251 e. The highest BCUT2D eigenvalue weighted by atomic mass is 16.3. The van der Waals surface area contributed by atoms with Gasteiger partial charge in [0.05, 0.1) is 18.2 Å². The van der Waals surface area contributed by atoms with E-state index in [1.165, 1.54) is 0 Å². The van der Waals surface area contributed by atoms with Gasteiger partial charge in [0, 0.05) is 24.4 Å². The van der Waals surface area contributed by atoms with Crippen molar-refractivity contribution in [1.82, 2.24) is 10.6 Å². The fourth-order valence-electron chi connectivity index (χ4n) is 4.94. The molecule has 0 radical (unpaired) electrons. The number of aliphatic hydroxyl groups is 2. The number of nitrogens with one attached hydrogen (secondary N) is 2. The number of fused-ring (bicyclic) bond motifs is 1. The minimum absolute atomic E-state index is 0.0399. The molecule has 0 saturated heterocycles. The molecule has 0 heterocycles. The summed E-state index contributed by atoms with van der Waals surface area (Å²) in [5, 5.41) is 27.2. The van der Waals surface area contributed by atoms with Crippen LogP contribution in [0.2, 0.25) is 0 Å². The molecule has 6 heteroatoms. The number of carbonyl (C=O) groups excluding carboxylic acids is 2. The highest BCUT2D eigenvalue weighted by molar-refractivity contribution is 5.94. The molecule has 2 amide bonds. The van der Waals surface area contributed by atoms with Crippen LogP contribution in [0.3, 0.4) is 0 Å². The molecule has 0 aromatic heterocycles. The van der Waals surface area contributed by atoms with Crippen LogP contribution in [-0.4, -0.2) is 40.8 Å². The van der Waals surface area contributed by atoms with Crippen LogP contribution in [0.15, 0.2) is 78.9 Å². The van der Waals surface area contributed by atoms with Gasteiger partial charge in [0.2, 0.25) is 5.91 Å². The maximum atomic E-state index is 13.4. The lowest BCUT2D eigenvalue weighted by Gasteiger charge is -2.24. The lowest BCUT2D eigenvalue weighted by Crippen LogP contribution is -2.41. The van der Waals surface area contributed by atoms with Crippen molar-refractivity contribution in [2.45, 2.75) is 57.3 Å². The van der Waals surface area contributed by atoms with Gasteiger partial charge in [-0.3, -0.25) is 9.59 Å². The van der Waals surface area contributed by atoms with E-state index in [1.807, 2.05) is 66.7 Å². The Morgan fingerprint density at radius 2 is 1.62 bits per heavy atom. The van der Waals surface area contributed by atoms with E-state index in [9.17, 15) is 19.8 Å². The summed E-state index contributed by atoms with van der Waals surface area (Å²) >= 11 is 0. The molecule has 0 unspecified atom stereocenters. The van der Waals surface area contributed by atoms with E-state index in [4.69, 9.17) is 0 Å². The normalized spacial score (nSPS) is 18.2. The van der Waals surface area contributed by atoms with Gasteiger partial charge in [-0.15, -0.1) is 0 Å². The van der Waals surface area contributed by atoms with Gasteiger partial charge in [-0.05, 0) is 53.1 Å². The Kier molecular flexibility index (Phi) is 8.74. The number of benzene rings is 3. The summed E-state index contributed by atoms with van der Waals surface area (Å²) in [4.78, 5) is 26.0. The Bertz CT molecular complexity index is 1190. The van der Waals surface area contributed by atoms with Gasteiger partial charge in [0.25, 0.3) is 5.91 Å². The fraction of sp³-hybridized carbons (Fsp3) is 0.355. The van der Waals surface area contributed by atoms with Crippen LogP contribution in [0.25, 0.3) is 0 Å². The molecule has 4 rings (SSSR count). The van der Waals surface area contributed by atoms with Crippen LogP contribution >= 0.6 is 0 Å². The summed E-state index contributed by atoms with van der Waals surface area (Å²) in [6.07, 6.45) is -0.474. The lowest BCUT2D eigenvalue weighted by atomic mass is 9.92. The molecule has 4 atom stereocenters. The Morgan fingerprint density at radius 3 is 2.32 bits per heavy atom. The first kappa shape index (κ1) is 26.6. The SMILES string of the molecule is CC(C)c1ccc(C(=O)NC[C@@H](O)C[C@@H](Cc2ccccc2)C(=O)N[C@H]2c3ccccc3C[C@H]2O)cc1. The summed E-state index contributed by atoms with van der Waals surface area (Å²) in [7, 11) is 0. The third kappa shape index (κ3) is 6.85. The number of hydrogen-bond donors (Lipinski definition) is 4. The summed E-state index contributed by atoms with van der Waals surface area (Å²) in [5.41, 5.74) is 4.63. The first-order valence-electron chi connectivity index (χ1n) is 13.0. The molecule has 1 aliphatic carbocycles. The fourth-order valence-corrected chi connectivity index (χ4v) is 4.94. The number of aliphatic hydroxyl groups excluding tert-OH is 2. The molecule has 0 saturated carbocycles. The Hall–Kier alpha value is -3.48. The van der Waals surface area contributed by atoms with Crippen LogP contribution in [0.4, 0.5) is 0 Å². The number of carbonyl (C=O) groups is 2. The van der Waals surface area contributed by atoms with Crippen molar-refractivity contribution < 1.29 is 19.8 Å². The quantitative estimate of drug-likeness (QED) is 0.339. The van der Waals surface area contributed by atoms with Crippen molar-refractivity contribution in [1.29, 1.82) is 0 Å². The van der Waals surface area contributed by atoms with Crippen molar-refractivity contribution in [2.75, 3.05) is 6.54 Å². The lowest BCUT2D eigenvalue weighted by molar-refractivity contribution is -0.127. The minimum atomic E-state index is -0.904. The molecular weight excluding hydrogens is 464 g/mol. The van der Waals surface area contributed by atoms with E-state index in [2.05, 4.69) is 24.5 Å². The minimum Gasteiger partial charge on any atom is -0.391 e. The molecule has 194 valence electrons. The Labute approximate surface area is 218 Å². The molecule has 3 aromatic rings. The first-order chi connectivity index (χ1) is 17.8. The van der Waals surface area contributed by atoms with Gasteiger partial charge in [0.1, 0.15) is 0 Å². The van der Waals surface area contributed by atoms with E-state index < -0.39 is 24.2 Å². The molecule has 0 spiro atoms. The van der Waals surface area contributed by atoms with Crippen molar-refractivity contribution in [2.24, 2.45) is 5.92 Å². The van der Waals surface area contributed by atoms with E-state index in [0.717, 1.165) is 22.3 Å². The second-order valence-corrected chi connectivity index (χ2v) is 10.2. The van der Waals surface area contributed by atoms with Crippen molar-refractivity contribution in [3.05, 3.63) is 107 Å². The predicted molar refractivity (Wildman–Crippen MR) is 144 cm³/mol. The van der Waals surface area contributed by atoms with Crippen LogP contribution in [-0.2, 0) is 17.6 Å². The van der Waals surface area contributed by atoms with Crippen molar-refractivity contribution >= 4 is 11.8 Å². The summed E-state index contributed by atoms with van der Waals surface area (Å²) in [6, 6.07) is 24.4. The molecule has 3 aromatic carbocycles. The van der Waals surface area contributed by atoms with E-state index in [-0.39, 0.29) is 24.8 Å². The van der Waals surface area contributed by atoms with Gasteiger partial charge in [0.15, 0.2) is 0 Å². The highest BCUT2D eigenvalue weighted by Crippen LogP contribution is 2.32. The molecule has 6 nitrogen and oxygen atoms in total. The molecule has 1 aliphatic rings. The van der Waals surface area contributed by atoms with E-state index in [0.29, 0.717) is 24.3 Å². The van der Waals surface area contributed by atoms with Crippen LogP contribution < -0.4 is 10.6 Å². The zero-order valence-electron chi connectivity index (χ0n) is 21.4. The first-order valence-corrected chi connectivity index (χ1v) is 13.0. The van der Waals surface area contributed by atoms with E-state index in [1.54, 1.807) is 12.1 Å². The Morgan fingerprint density at radius 1 is 0.946 bits per heavy atom. The van der Waals surface area contributed by atoms with E-state index >= 15 is 0 Å². The summed E-state index contributed by atoms with van der Waals surface area (Å²) < 4.78 is 0. The average Bonchev–Trinajstić information content (AvgIpc) is 3.22. The van der Waals surface area contributed by atoms with Gasteiger partial charge >= 0.3 is 0 Å². The topological polar surface area (TPSA) is 98.7 Å². The standard InChI is InChI=1S/C31H36N2O4/c1-20(2)22-12-14-23(15-13-22)30(36)32-19-26(34)17-25(16-21-8-4-3-5-9-21)31(37)33-29-27-11-7-6-10-24(27)18-28(29)35/h3-15,20,25-26,28-29,34-35H,16-19H2,1-2H3,(H,32,36)(H,33,37)/t25-,26+,28-,29+/m1/s1. The van der Waals surface area contributed by atoms with Crippen molar-refractivity contribution in [3.8, 4) is 0 Å². The van der Waals surface area contributed by atoms with Gasteiger partial charge in [-0.2, -0.15) is 0 Å². The molecule has 0 fully saturated rings. The number of rotatable bonds is 10. The summed E-state index contributed by atoms with van der Waals surface area (Å²) in [5.74, 6) is -0.631. The molecule has 0 bridgehead atoms. The number of amides is 2. The molecule has 37 heavy (non-hydrogen) atoms. The van der Waals surface area contributed by atoms with Crippen LogP contribution in [0.5, 0.6) is 0 Å². The van der Waals surface area contributed by atoms with Gasteiger partial charge in [-0.1, -0.05) is 80.6 Å². The van der Waals surface area contributed by atoms with Gasteiger partial charge < -0.3 is 20.8 Å². The number of hydrogen-bond acceptors (Lipinski definition) is 4. The monoisotopic (exact) mass is 500 g/mol. The van der Waals surface area contributed by atoms with Crippen LogP contribution in [0.1, 0.15) is 64.8 Å².